The van der Waals surface area contributed by atoms with Crippen molar-refractivity contribution in [2.24, 2.45) is 0 Å². The van der Waals surface area contributed by atoms with Crippen LogP contribution in [0.25, 0.3) is 0 Å². The second-order valence-electron chi connectivity index (χ2n) is 6.72. The number of methoxy groups -OCH3 is 1. The Balaban J connectivity index is 1.48. The van der Waals surface area contributed by atoms with E-state index in [9.17, 15) is 14.9 Å². The molecular weight excluding hydrogens is 396 g/mol. The minimum absolute atomic E-state index is 0.0868. The molecule has 1 amide bonds. The van der Waals surface area contributed by atoms with Gasteiger partial charge in [0, 0.05) is 45.2 Å². The molecule has 1 aliphatic heterocycles. The number of ether oxygens (including phenoxy) is 1. The van der Waals surface area contributed by atoms with Crippen molar-refractivity contribution in [2.45, 2.75) is 6.42 Å². The molecular formula is C20H23ClN4O4. The maximum Gasteiger partial charge on any atom is 0.273 e. The molecule has 3 rings (SSSR count). The zero-order valence-corrected chi connectivity index (χ0v) is 16.9. The highest BCUT2D eigenvalue weighted by Crippen LogP contribution is 2.29. The number of carbonyl (C=O) groups is 1. The normalized spacial score (nSPS) is 14.5. The van der Waals surface area contributed by atoms with Crippen LogP contribution in [0.1, 0.15) is 6.42 Å². The molecule has 0 radical (unpaired) electrons. The molecule has 8 nitrogen and oxygen atoms in total. The van der Waals surface area contributed by atoms with Crippen molar-refractivity contribution in [2.75, 3.05) is 50.1 Å². The van der Waals surface area contributed by atoms with E-state index >= 15 is 0 Å². The number of amides is 1. The van der Waals surface area contributed by atoms with Gasteiger partial charge in [-0.2, -0.15) is 0 Å². The minimum Gasteiger partial charge on any atom is -0.494 e. The van der Waals surface area contributed by atoms with E-state index in [1.165, 1.54) is 25.3 Å². The molecule has 9 heteroatoms. The molecule has 0 atom stereocenters. The van der Waals surface area contributed by atoms with Crippen LogP contribution in [-0.2, 0) is 4.79 Å². The molecule has 154 valence electrons. The van der Waals surface area contributed by atoms with E-state index in [0.29, 0.717) is 18.7 Å². The lowest BCUT2D eigenvalue weighted by molar-refractivity contribution is -0.384. The summed E-state index contributed by atoms with van der Waals surface area (Å²) in [5.41, 5.74) is 1.37. The zero-order chi connectivity index (χ0) is 20.8. The number of piperazine rings is 1. The van der Waals surface area contributed by atoms with Crippen LogP contribution < -0.4 is 15.0 Å². The van der Waals surface area contributed by atoms with Crippen molar-refractivity contribution in [3.05, 3.63) is 57.6 Å². The number of carbonyl (C=O) groups excluding carboxylic acids is 1. The fourth-order valence-electron chi connectivity index (χ4n) is 3.29. The average molecular weight is 419 g/mol. The van der Waals surface area contributed by atoms with Gasteiger partial charge in [-0.1, -0.05) is 23.7 Å². The molecule has 1 N–H and O–H groups in total. The topological polar surface area (TPSA) is 87.9 Å². The number of halogens is 1. The predicted octanol–water partition coefficient (Wildman–Crippen LogP) is 3.41. The Hall–Kier alpha value is -2.84. The number of benzene rings is 2. The predicted molar refractivity (Wildman–Crippen MR) is 113 cm³/mol. The quantitative estimate of drug-likeness (QED) is 0.547. The Labute approximate surface area is 174 Å². The summed E-state index contributed by atoms with van der Waals surface area (Å²) in [6, 6.07) is 11.9. The number of non-ortho nitro benzene ring substituents is 1. The van der Waals surface area contributed by atoms with Crippen LogP contribution in [0.15, 0.2) is 42.5 Å². The molecule has 29 heavy (non-hydrogen) atoms. The molecule has 0 aromatic heterocycles. The zero-order valence-electron chi connectivity index (χ0n) is 16.1. The van der Waals surface area contributed by atoms with E-state index in [2.05, 4.69) is 15.1 Å². The Morgan fingerprint density at radius 2 is 1.93 bits per heavy atom. The summed E-state index contributed by atoms with van der Waals surface area (Å²) < 4.78 is 5.15. The van der Waals surface area contributed by atoms with Crippen molar-refractivity contribution < 1.29 is 14.5 Å². The van der Waals surface area contributed by atoms with E-state index in [1.807, 2.05) is 24.3 Å². The number of hydrogen-bond acceptors (Lipinski definition) is 6. The van der Waals surface area contributed by atoms with Crippen LogP contribution in [0.4, 0.5) is 17.1 Å². The smallest absolute Gasteiger partial charge is 0.273 e. The van der Waals surface area contributed by atoms with Gasteiger partial charge in [0.15, 0.2) is 0 Å². The van der Waals surface area contributed by atoms with E-state index in [1.54, 1.807) is 0 Å². The van der Waals surface area contributed by atoms with E-state index in [-0.39, 0.29) is 17.3 Å². The van der Waals surface area contributed by atoms with Crippen LogP contribution in [0.3, 0.4) is 0 Å². The highest BCUT2D eigenvalue weighted by molar-refractivity contribution is 6.33. The summed E-state index contributed by atoms with van der Waals surface area (Å²) in [6.45, 7) is 4.03. The van der Waals surface area contributed by atoms with Gasteiger partial charge in [0.2, 0.25) is 5.91 Å². The Kier molecular flexibility index (Phi) is 6.90. The summed E-state index contributed by atoms with van der Waals surface area (Å²) in [5.74, 6) is 0.103. The highest BCUT2D eigenvalue weighted by atomic mass is 35.5. The number of nitrogens with one attached hydrogen (secondary N) is 1. The van der Waals surface area contributed by atoms with Gasteiger partial charge in [-0.3, -0.25) is 19.8 Å². The van der Waals surface area contributed by atoms with Gasteiger partial charge in [0.05, 0.1) is 34.5 Å². The molecule has 1 saturated heterocycles. The third-order valence-corrected chi connectivity index (χ3v) is 5.21. The van der Waals surface area contributed by atoms with Crippen molar-refractivity contribution in [3.63, 3.8) is 0 Å². The van der Waals surface area contributed by atoms with Crippen LogP contribution in [0.2, 0.25) is 5.02 Å². The molecule has 2 aromatic rings. The minimum atomic E-state index is -0.504. The monoisotopic (exact) mass is 418 g/mol. The lowest BCUT2D eigenvalue weighted by Gasteiger charge is -2.36. The first-order valence-electron chi connectivity index (χ1n) is 9.32. The number of para-hydroxylation sites is 1. The number of anilines is 2. The lowest BCUT2D eigenvalue weighted by atomic mass is 10.2. The second-order valence-corrected chi connectivity index (χ2v) is 7.13. The number of hydrogen-bond donors (Lipinski definition) is 1. The van der Waals surface area contributed by atoms with E-state index in [4.69, 9.17) is 16.3 Å². The van der Waals surface area contributed by atoms with E-state index < -0.39 is 4.92 Å². The van der Waals surface area contributed by atoms with Crippen LogP contribution in [0, 0.1) is 10.1 Å². The molecule has 2 aromatic carbocycles. The maximum atomic E-state index is 12.3. The molecule has 0 aliphatic carbocycles. The number of rotatable bonds is 7. The average Bonchev–Trinajstić information content (AvgIpc) is 2.73. The number of nitro groups is 1. The molecule has 0 saturated carbocycles. The van der Waals surface area contributed by atoms with Crippen molar-refractivity contribution >= 4 is 34.6 Å². The first-order chi connectivity index (χ1) is 14.0. The third-order valence-electron chi connectivity index (χ3n) is 4.89. The molecule has 1 aliphatic rings. The van der Waals surface area contributed by atoms with Crippen LogP contribution >= 0.6 is 11.6 Å². The van der Waals surface area contributed by atoms with Crippen LogP contribution in [-0.4, -0.2) is 55.6 Å². The summed E-state index contributed by atoms with van der Waals surface area (Å²) in [6.07, 6.45) is 0.326. The molecule has 0 unspecified atom stereocenters. The van der Waals surface area contributed by atoms with Crippen molar-refractivity contribution in [1.82, 2.24) is 4.90 Å². The standard InChI is InChI=1S/C20H23ClN4O4/c1-29-19-14-15(25(27)28)6-7-17(19)22-20(26)8-9-23-10-12-24(13-11-23)18-5-3-2-4-16(18)21/h2-7,14H,8-13H2,1H3,(H,22,26). The summed E-state index contributed by atoms with van der Waals surface area (Å²) in [5, 5.41) is 14.4. The summed E-state index contributed by atoms with van der Waals surface area (Å²) in [4.78, 5) is 27.2. The van der Waals surface area contributed by atoms with Gasteiger partial charge >= 0.3 is 0 Å². The molecule has 1 fully saturated rings. The Morgan fingerprint density at radius 1 is 1.21 bits per heavy atom. The maximum absolute atomic E-state index is 12.3. The van der Waals surface area contributed by atoms with Gasteiger partial charge < -0.3 is 15.0 Å². The lowest BCUT2D eigenvalue weighted by Crippen LogP contribution is -2.47. The van der Waals surface area contributed by atoms with Crippen molar-refractivity contribution in [3.8, 4) is 5.75 Å². The Bertz CT molecular complexity index is 885. The molecule has 0 bridgehead atoms. The summed E-state index contributed by atoms with van der Waals surface area (Å²) in [7, 11) is 1.41. The fourth-order valence-corrected chi connectivity index (χ4v) is 3.54. The van der Waals surface area contributed by atoms with Crippen molar-refractivity contribution in [1.29, 1.82) is 0 Å². The van der Waals surface area contributed by atoms with Gasteiger partial charge in [-0.05, 0) is 18.2 Å². The highest BCUT2D eigenvalue weighted by Gasteiger charge is 2.20. The van der Waals surface area contributed by atoms with Crippen LogP contribution in [0.5, 0.6) is 5.75 Å². The van der Waals surface area contributed by atoms with E-state index in [0.717, 1.165) is 36.9 Å². The number of nitro benzene ring substituents is 1. The third kappa shape index (κ3) is 5.36. The largest absolute Gasteiger partial charge is 0.494 e. The van der Waals surface area contributed by atoms with Gasteiger partial charge in [-0.25, -0.2) is 0 Å². The summed E-state index contributed by atoms with van der Waals surface area (Å²) >= 11 is 6.27. The first-order valence-corrected chi connectivity index (χ1v) is 9.70. The Morgan fingerprint density at radius 3 is 2.59 bits per heavy atom. The molecule has 1 heterocycles. The van der Waals surface area contributed by atoms with Gasteiger partial charge in [0.25, 0.3) is 5.69 Å². The second kappa shape index (κ2) is 9.58. The van der Waals surface area contributed by atoms with Gasteiger partial charge in [-0.15, -0.1) is 0 Å². The molecule has 0 spiro atoms. The SMILES string of the molecule is COc1cc([N+](=O)[O-])ccc1NC(=O)CCN1CCN(c2ccccc2Cl)CC1. The van der Waals surface area contributed by atoms with Gasteiger partial charge in [0.1, 0.15) is 5.75 Å². The first kappa shape index (κ1) is 20.9. The fraction of sp³-hybridized carbons (Fsp3) is 0.350. The number of nitrogens with zero attached hydrogens (tertiary/aromatic N) is 3.